The molecule has 1 N–H and O–H groups in total. The van der Waals surface area contributed by atoms with Crippen molar-refractivity contribution in [2.75, 3.05) is 24.5 Å². The number of hydrogen-bond acceptors (Lipinski definition) is 5. The molecule has 98 valence electrons. The minimum absolute atomic E-state index is 0.671. The molecule has 1 aliphatic carbocycles. The van der Waals surface area contributed by atoms with Crippen molar-refractivity contribution in [3.05, 3.63) is 5.82 Å². The molecule has 0 aromatic carbocycles. The van der Waals surface area contributed by atoms with Gasteiger partial charge in [-0.05, 0) is 31.1 Å². The van der Waals surface area contributed by atoms with E-state index in [1.54, 1.807) is 11.5 Å². The maximum atomic E-state index is 4.79. The molecule has 18 heavy (non-hydrogen) atoms. The van der Waals surface area contributed by atoms with Crippen LogP contribution in [0.15, 0.2) is 0 Å². The first-order valence-electron chi connectivity index (χ1n) is 7.17. The third-order valence-electron chi connectivity index (χ3n) is 4.76. The fourth-order valence-electron chi connectivity index (χ4n) is 3.62. The Balaban J connectivity index is 1.58. The minimum Gasteiger partial charge on any atom is -0.343 e. The van der Waals surface area contributed by atoms with Gasteiger partial charge in [0.15, 0.2) is 0 Å². The molecule has 5 heteroatoms. The second-order valence-corrected chi connectivity index (χ2v) is 6.65. The van der Waals surface area contributed by atoms with Crippen molar-refractivity contribution in [2.45, 2.75) is 38.1 Å². The van der Waals surface area contributed by atoms with E-state index in [2.05, 4.69) is 21.5 Å². The summed E-state index contributed by atoms with van der Waals surface area (Å²) < 4.78 is 4.56. The van der Waals surface area contributed by atoms with Crippen molar-refractivity contribution in [3.63, 3.8) is 0 Å². The second kappa shape index (κ2) is 4.17. The van der Waals surface area contributed by atoms with Gasteiger partial charge in [-0.25, -0.2) is 4.98 Å². The average Bonchev–Trinajstić information content (AvgIpc) is 2.83. The van der Waals surface area contributed by atoms with Crippen LogP contribution in [0.2, 0.25) is 0 Å². The molecule has 2 saturated heterocycles. The number of nitrogens with one attached hydrogen (secondary N) is 1. The molecule has 1 aromatic heterocycles. The number of hydrogen-bond donors (Lipinski definition) is 1. The first kappa shape index (κ1) is 11.2. The van der Waals surface area contributed by atoms with E-state index < -0.39 is 0 Å². The first-order valence-corrected chi connectivity index (χ1v) is 7.95. The number of fused-ring (bicyclic) bond motifs is 1. The summed E-state index contributed by atoms with van der Waals surface area (Å²) in [7, 11) is 0. The fraction of sp³-hybridized carbons (Fsp3) is 0.846. The molecule has 3 unspecified atom stereocenters. The highest BCUT2D eigenvalue weighted by molar-refractivity contribution is 7.09. The molecular weight excluding hydrogens is 244 g/mol. The maximum absolute atomic E-state index is 4.79. The molecule has 3 fully saturated rings. The van der Waals surface area contributed by atoms with E-state index in [0.29, 0.717) is 12.0 Å². The summed E-state index contributed by atoms with van der Waals surface area (Å²) in [5.41, 5.74) is 0. The van der Waals surface area contributed by atoms with Gasteiger partial charge in [0.05, 0.1) is 0 Å². The summed E-state index contributed by atoms with van der Waals surface area (Å²) in [6.45, 7) is 5.86. The van der Waals surface area contributed by atoms with Gasteiger partial charge in [-0.3, -0.25) is 0 Å². The lowest BCUT2D eigenvalue weighted by atomic mass is 9.93. The molecule has 0 spiro atoms. The topological polar surface area (TPSA) is 41.0 Å². The molecule has 1 aromatic rings. The maximum Gasteiger partial charge on any atom is 0.205 e. The minimum atomic E-state index is 0.671. The van der Waals surface area contributed by atoms with E-state index in [9.17, 15) is 0 Å². The van der Waals surface area contributed by atoms with Crippen molar-refractivity contribution in [1.82, 2.24) is 14.7 Å². The molecule has 3 aliphatic rings. The van der Waals surface area contributed by atoms with E-state index in [1.165, 1.54) is 44.0 Å². The van der Waals surface area contributed by atoms with Gasteiger partial charge in [-0.15, -0.1) is 0 Å². The lowest BCUT2D eigenvalue weighted by Gasteiger charge is -2.25. The second-order valence-electron chi connectivity index (χ2n) is 5.92. The van der Waals surface area contributed by atoms with E-state index in [0.717, 1.165) is 17.7 Å². The molecule has 0 bridgehead atoms. The van der Waals surface area contributed by atoms with Gasteiger partial charge in [0, 0.05) is 43.1 Å². The highest BCUT2D eigenvalue weighted by atomic mass is 32.1. The van der Waals surface area contributed by atoms with Gasteiger partial charge in [0.2, 0.25) is 5.13 Å². The fourth-order valence-corrected chi connectivity index (χ4v) is 4.43. The zero-order valence-electron chi connectivity index (χ0n) is 10.8. The molecule has 1 saturated carbocycles. The Morgan fingerprint density at radius 2 is 2.28 bits per heavy atom. The normalized spacial score (nSPS) is 35.2. The third-order valence-corrected chi connectivity index (χ3v) is 5.52. The van der Waals surface area contributed by atoms with Crippen LogP contribution in [0, 0.1) is 11.8 Å². The van der Waals surface area contributed by atoms with Crippen molar-refractivity contribution in [2.24, 2.45) is 11.8 Å². The Hall–Kier alpha value is -0.680. The summed E-state index contributed by atoms with van der Waals surface area (Å²) in [5.74, 6) is 3.44. The largest absolute Gasteiger partial charge is 0.343 e. The predicted octanol–water partition coefficient (Wildman–Crippen LogP) is 1.85. The number of anilines is 1. The van der Waals surface area contributed by atoms with Crippen LogP contribution in [0.4, 0.5) is 5.13 Å². The molecule has 2 aliphatic heterocycles. The number of aromatic nitrogens is 2. The van der Waals surface area contributed by atoms with Crippen LogP contribution in [0.3, 0.4) is 0 Å². The van der Waals surface area contributed by atoms with Crippen molar-refractivity contribution in [1.29, 1.82) is 0 Å². The summed E-state index contributed by atoms with van der Waals surface area (Å²) in [6, 6.07) is 0.671. The van der Waals surface area contributed by atoms with E-state index in [4.69, 9.17) is 4.98 Å². The van der Waals surface area contributed by atoms with Crippen LogP contribution in [0.1, 0.15) is 37.9 Å². The smallest absolute Gasteiger partial charge is 0.205 e. The van der Waals surface area contributed by atoms with Crippen LogP contribution < -0.4 is 10.2 Å². The van der Waals surface area contributed by atoms with Gasteiger partial charge < -0.3 is 10.2 Å². The zero-order valence-corrected chi connectivity index (χ0v) is 11.6. The molecule has 0 amide bonds. The molecule has 0 radical (unpaired) electrons. The summed E-state index contributed by atoms with van der Waals surface area (Å²) >= 11 is 1.62. The van der Waals surface area contributed by atoms with Gasteiger partial charge in [0.25, 0.3) is 0 Å². The van der Waals surface area contributed by atoms with Gasteiger partial charge in [0.1, 0.15) is 5.82 Å². The Kier molecular flexibility index (Phi) is 2.59. The van der Waals surface area contributed by atoms with Crippen LogP contribution >= 0.6 is 11.5 Å². The molecule has 4 nitrogen and oxygen atoms in total. The quantitative estimate of drug-likeness (QED) is 0.904. The van der Waals surface area contributed by atoms with Crippen LogP contribution in [0.25, 0.3) is 0 Å². The Labute approximate surface area is 112 Å². The zero-order chi connectivity index (χ0) is 12.1. The lowest BCUT2D eigenvalue weighted by molar-refractivity contribution is 0.442. The summed E-state index contributed by atoms with van der Waals surface area (Å²) in [5, 5.41) is 4.71. The van der Waals surface area contributed by atoms with E-state index >= 15 is 0 Å². The third kappa shape index (κ3) is 1.67. The van der Waals surface area contributed by atoms with Gasteiger partial charge >= 0.3 is 0 Å². The van der Waals surface area contributed by atoms with Crippen molar-refractivity contribution >= 4 is 16.7 Å². The summed E-state index contributed by atoms with van der Waals surface area (Å²) in [6.07, 6.45) is 3.81. The predicted molar refractivity (Wildman–Crippen MR) is 73.2 cm³/mol. The van der Waals surface area contributed by atoms with Gasteiger partial charge in [-0.2, -0.15) is 4.37 Å². The Morgan fingerprint density at radius 3 is 3.06 bits per heavy atom. The SMILES string of the molecule is CCC1C2CNCC2CN1c1nc(C2CC2)ns1. The van der Waals surface area contributed by atoms with Crippen LogP contribution in [0.5, 0.6) is 0 Å². The number of rotatable bonds is 3. The van der Waals surface area contributed by atoms with Crippen molar-refractivity contribution in [3.8, 4) is 0 Å². The van der Waals surface area contributed by atoms with Crippen molar-refractivity contribution < 1.29 is 0 Å². The van der Waals surface area contributed by atoms with Crippen LogP contribution in [-0.4, -0.2) is 35.0 Å². The average molecular weight is 264 g/mol. The lowest BCUT2D eigenvalue weighted by Crippen LogP contribution is -2.35. The molecule has 3 atom stereocenters. The Bertz CT molecular complexity index is 442. The molecule has 4 rings (SSSR count). The monoisotopic (exact) mass is 264 g/mol. The van der Waals surface area contributed by atoms with E-state index in [-0.39, 0.29) is 0 Å². The van der Waals surface area contributed by atoms with Gasteiger partial charge in [-0.1, -0.05) is 6.92 Å². The van der Waals surface area contributed by atoms with Crippen LogP contribution in [-0.2, 0) is 0 Å². The highest BCUT2D eigenvalue weighted by Gasteiger charge is 2.44. The summed E-state index contributed by atoms with van der Waals surface area (Å²) in [4.78, 5) is 7.33. The standard InChI is InChI=1S/C13H20N4S/c1-2-11-10-6-14-5-9(10)7-17(11)13-15-12(16-18-13)8-3-4-8/h8-11,14H,2-7H2,1H3. The molecule has 3 heterocycles. The Morgan fingerprint density at radius 1 is 1.39 bits per heavy atom. The number of nitrogens with zero attached hydrogens (tertiary/aromatic N) is 3. The van der Waals surface area contributed by atoms with E-state index in [1.807, 2.05) is 0 Å². The highest BCUT2D eigenvalue weighted by Crippen LogP contribution is 2.42. The molecular formula is C13H20N4S. The first-order chi connectivity index (χ1) is 8.86.